The Bertz CT molecular complexity index is 464. The first kappa shape index (κ1) is 16.1. The van der Waals surface area contributed by atoms with E-state index in [2.05, 4.69) is 10.1 Å². The van der Waals surface area contributed by atoms with Crippen molar-refractivity contribution >= 4 is 17.3 Å². The summed E-state index contributed by atoms with van der Waals surface area (Å²) in [6.07, 6.45) is -4.60. The van der Waals surface area contributed by atoms with Crippen LogP contribution in [0.1, 0.15) is 6.42 Å². The van der Waals surface area contributed by atoms with E-state index in [1.165, 1.54) is 13.2 Å². The molecule has 0 saturated heterocycles. The predicted octanol–water partition coefficient (Wildman–Crippen LogP) is 2.18. The third-order valence-electron chi connectivity index (χ3n) is 2.27. The van der Waals surface area contributed by atoms with Crippen molar-refractivity contribution in [2.75, 3.05) is 31.4 Å². The van der Waals surface area contributed by atoms with Crippen molar-refractivity contribution in [3.05, 3.63) is 18.2 Å². The standard InChI is InChI=1S/C12H15F3N2O3/c1-19-8-2-3-9(16)10(6-8)17-11(18)4-5-20-7-12(13,14)15/h2-3,6H,4-5,7,16H2,1H3,(H,17,18). The fraction of sp³-hybridized carbons (Fsp3) is 0.417. The van der Waals surface area contributed by atoms with Crippen molar-refractivity contribution in [3.8, 4) is 5.75 Å². The lowest BCUT2D eigenvalue weighted by Gasteiger charge is -2.10. The second-order valence-electron chi connectivity index (χ2n) is 3.92. The number of hydrogen-bond donors (Lipinski definition) is 2. The van der Waals surface area contributed by atoms with Gasteiger partial charge >= 0.3 is 6.18 Å². The average Bonchev–Trinajstić information content (AvgIpc) is 2.36. The van der Waals surface area contributed by atoms with E-state index in [1.807, 2.05) is 0 Å². The molecule has 8 heteroatoms. The Hall–Kier alpha value is -1.96. The largest absolute Gasteiger partial charge is 0.497 e. The van der Waals surface area contributed by atoms with Gasteiger partial charge in [0.05, 0.1) is 31.5 Å². The lowest BCUT2D eigenvalue weighted by molar-refractivity contribution is -0.174. The first-order chi connectivity index (χ1) is 9.31. The average molecular weight is 292 g/mol. The number of carbonyl (C=O) groups is 1. The van der Waals surface area contributed by atoms with Gasteiger partial charge in [0.25, 0.3) is 0 Å². The van der Waals surface area contributed by atoms with Gasteiger partial charge in [-0.05, 0) is 12.1 Å². The molecule has 5 nitrogen and oxygen atoms in total. The molecule has 0 atom stereocenters. The van der Waals surface area contributed by atoms with E-state index in [9.17, 15) is 18.0 Å². The molecule has 1 aromatic rings. The quantitative estimate of drug-likeness (QED) is 0.622. The molecule has 0 aromatic heterocycles. The van der Waals surface area contributed by atoms with E-state index < -0.39 is 18.7 Å². The SMILES string of the molecule is COc1ccc(N)c(NC(=O)CCOCC(F)(F)F)c1. The molecule has 112 valence electrons. The monoisotopic (exact) mass is 292 g/mol. The highest BCUT2D eigenvalue weighted by Gasteiger charge is 2.27. The highest BCUT2D eigenvalue weighted by Crippen LogP contribution is 2.24. The molecule has 0 aliphatic heterocycles. The Kier molecular flexibility index (Phi) is 5.63. The van der Waals surface area contributed by atoms with Gasteiger partial charge in [-0.25, -0.2) is 0 Å². The molecule has 0 spiro atoms. The summed E-state index contributed by atoms with van der Waals surface area (Å²) in [5.74, 6) is 0.00921. The third-order valence-corrected chi connectivity index (χ3v) is 2.27. The molecule has 20 heavy (non-hydrogen) atoms. The van der Waals surface area contributed by atoms with Crippen LogP contribution < -0.4 is 15.8 Å². The number of methoxy groups -OCH3 is 1. The van der Waals surface area contributed by atoms with Gasteiger partial charge in [0.2, 0.25) is 5.91 Å². The number of nitrogens with two attached hydrogens (primary N) is 1. The van der Waals surface area contributed by atoms with Gasteiger partial charge in [0.15, 0.2) is 0 Å². The van der Waals surface area contributed by atoms with Crippen LogP contribution in [0.2, 0.25) is 0 Å². The number of carbonyl (C=O) groups excluding carboxylic acids is 1. The highest BCUT2D eigenvalue weighted by atomic mass is 19.4. The normalized spacial score (nSPS) is 11.2. The van der Waals surface area contributed by atoms with Gasteiger partial charge in [-0.2, -0.15) is 13.2 Å². The van der Waals surface area contributed by atoms with Crippen molar-refractivity contribution in [2.24, 2.45) is 0 Å². The van der Waals surface area contributed by atoms with E-state index in [1.54, 1.807) is 12.1 Å². The molecule has 0 aliphatic carbocycles. The number of benzene rings is 1. The van der Waals surface area contributed by atoms with Gasteiger partial charge in [0, 0.05) is 6.07 Å². The number of ether oxygens (including phenoxy) is 2. The van der Waals surface area contributed by atoms with Crippen LogP contribution in [-0.4, -0.2) is 32.4 Å². The van der Waals surface area contributed by atoms with Gasteiger partial charge in [0.1, 0.15) is 12.4 Å². The first-order valence-electron chi connectivity index (χ1n) is 5.69. The summed E-state index contributed by atoms with van der Waals surface area (Å²) in [5, 5.41) is 2.48. The number of halogens is 3. The number of nitrogen functional groups attached to an aromatic ring is 1. The second-order valence-corrected chi connectivity index (χ2v) is 3.92. The molecule has 0 saturated carbocycles. The summed E-state index contributed by atoms with van der Waals surface area (Å²) in [5.41, 5.74) is 6.32. The second kappa shape index (κ2) is 6.99. The van der Waals surface area contributed by atoms with Crippen LogP contribution in [0.4, 0.5) is 24.5 Å². The molecule has 1 amide bonds. The van der Waals surface area contributed by atoms with E-state index in [4.69, 9.17) is 10.5 Å². The number of hydrogen-bond acceptors (Lipinski definition) is 4. The molecule has 1 aromatic carbocycles. The Morgan fingerprint density at radius 1 is 1.40 bits per heavy atom. The molecule has 0 unspecified atom stereocenters. The summed E-state index contributed by atoms with van der Waals surface area (Å²) in [6.45, 7) is -1.70. The Morgan fingerprint density at radius 3 is 2.70 bits per heavy atom. The minimum atomic E-state index is -4.40. The van der Waals surface area contributed by atoms with Crippen LogP contribution in [0, 0.1) is 0 Å². The maximum absolute atomic E-state index is 11.8. The minimum absolute atomic E-state index is 0.202. The van der Waals surface area contributed by atoms with Gasteiger partial charge in [-0.3, -0.25) is 4.79 Å². The highest BCUT2D eigenvalue weighted by molar-refractivity contribution is 5.94. The first-order valence-corrected chi connectivity index (χ1v) is 5.69. The Morgan fingerprint density at radius 2 is 2.10 bits per heavy atom. The van der Waals surface area contributed by atoms with E-state index in [0.29, 0.717) is 17.1 Å². The van der Waals surface area contributed by atoms with E-state index in [0.717, 1.165) is 0 Å². The Balaban J connectivity index is 2.42. The summed E-state index contributed by atoms with van der Waals surface area (Å²) in [4.78, 5) is 11.5. The van der Waals surface area contributed by atoms with E-state index in [-0.39, 0.29) is 13.0 Å². The molecule has 0 bridgehead atoms. The molecular formula is C12H15F3N2O3. The lowest BCUT2D eigenvalue weighted by atomic mass is 10.2. The molecule has 0 heterocycles. The van der Waals surface area contributed by atoms with Crippen molar-refractivity contribution in [1.29, 1.82) is 0 Å². The maximum atomic E-state index is 11.8. The number of alkyl halides is 3. The van der Waals surface area contributed by atoms with Crippen LogP contribution in [0.5, 0.6) is 5.75 Å². The molecule has 0 aliphatic rings. The van der Waals surface area contributed by atoms with Crippen molar-refractivity contribution in [2.45, 2.75) is 12.6 Å². The predicted molar refractivity (Wildman–Crippen MR) is 67.5 cm³/mol. The zero-order valence-corrected chi connectivity index (χ0v) is 10.8. The summed E-state index contributed by atoms with van der Waals surface area (Å²) < 4.78 is 44.7. The summed E-state index contributed by atoms with van der Waals surface area (Å²) in [6, 6.07) is 4.69. The molecule has 3 N–H and O–H groups in total. The van der Waals surface area contributed by atoms with Crippen LogP contribution in [-0.2, 0) is 9.53 Å². The van der Waals surface area contributed by atoms with Crippen LogP contribution in [0.25, 0.3) is 0 Å². The lowest BCUT2D eigenvalue weighted by Crippen LogP contribution is -2.20. The van der Waals surface area contributed by atoms with Crippen LogP contribution >= 0.6 is 0 Å². The smallest absolute Gasteiger partial charge is 0.411 e. The number of amides is 1. The topological polar surface area (TPSA) is 73.6 Å². The van der Waals surface area contributed by atoms with Gasteiger partial charge in [-0.15, -0.1) is 0 Å². The van der Waals surface area contributed by atoms with Crippen LogP contribution in [0.15, 0.2) is 18.2 Å². The number of rotatable bonds is 6. The van der Waals surface area contributed by atoms with Gasteiger partial charge in [-0.1, -0.05) is 0 Å². The molecule has 0 radical (unpaired) electrons. The fourth-order valence-electron chi connectivity index (χ4n) is 1.34. The van der Waals surface area contributed by atoms with Crippen molar-refractivity contribution < 1.29 is 27.4 Å². The summed E-state index contributed by atoms with van der Waals surface area (Å²) >= 11 is 0. The Labute approximate surface area is 113 Å². The van der Waals surface area contributed by atoms with Crippen molar-refractivity contribution in [3.63, 3.8) is 0 Å². The molecule has 0 fully saturated rings. The zero-order chi connectivity index (χ0) is 15.2. The maximum Gasteiger partial charge on any atom is 0.411 e. The number of anilines is 2. The van der Waals surface area contributed by atoms with E-state index >= 15 is 0 Å². The fourth-order valence-corrected chi connectivity index (χ4v) is 1.34. The van der Waals surface area contributed by atoms with Crippen LogP contribution in [0.3, 0.4) is 0 Å². The van der Waals surface area contributed by atoms with Crippen molar-refractivity contribution in [1.82, 2.24) is 0 Å². The third kappa shape index (κ3) is 5.79. The number of nitrogens with one attached hydrogen (secondary N) is 1. The zero-order valence-electron chi connectivity index (χ0n) is 10.8. The minimum Gasteiger partial charge on any atom is -0.497 e. The van der Waals surface area contributed by atoms with Gasteiger partial charge < -0.3 is 20.5 Å². The molecule has 1 rings (SSSR count). The summed E-state index contributed by atoms with van der Waals surface area (Å²) in [7, 11) is 1.46. The molecular weight excluding hydrogens is 277 g/mol.